The number of carbonyl (C=O) groups is 8. The molecule has 2 bridgehead atoms. The zero-order chi connectivity index (χ0) is 51.6. The topological polar surface area (TPSA) is 233 Å². The maximum atomic E-state index is 16.1. The fourth-order valence-electron chi connectivity index (χ4n) is 10.8. The fourth-order valence-corrected chi connectivity index (χ4v) is 11.0. The second kappa shape index (κ2) is 21.1. The van der Waals surface area contributed by atoms with Crippen molar-refractivity contribution in [3.8, 4) is 0 Å². The second-order valence-electron chi connectivity index (χ2n) is 18.6. The molecule has 17 nitrogen and oxygen atoms in total. The number of Topliss-reactive ketones (excluding diaryl/α,β-unsaturated/α-hetero) is 1. The van der Waals surface area contributed by atoms with E-state index in [1.54, 1.807) is 66.7 Å². The zero-order valence-electron chi connectivity index (χ0n) is 39.2. The normalized spacial score (nSPS) is 29.1. The minimum Gasteiger partial charge on any atom is -0.460 e. The van der Waals surface area contributed by atoms with Crippen LogP contribution in [-0.2, 0) is 61.9 Å². The molecule has 3 aliphatic carbocycles. The SMILES string of the molecule is CC(=O)O[C@@]12CO[C@@H]1C[C@H](OC(=O)CCl)[C@@]1(C)C(=O)[C@H](OC(=O)CCl)C3=C(C)[C@@H](OC(=O)C(OC(=O)CCl)C(NC(=O)c4ccccc4)c4ccccc4)C[C@@](O)([C@@H](OC(=O)c4ccccc4)C12)C3(C)C. The molecule has 1 saturated heterocycles. The summed E-state index contributed by atoms with van der Waals surface area (Å²) in [6.07, 6.45) is -11.2. The Balaban J connectivity index is 1.46. The van der Waals surface area contributed by atoms with Crippen LogP contribution in [0, 0.1) is 16.7 Å². The summed E-state index contributed by atoms with van der Waals surface area (Å²) in [6, 6.07) is 22.3. The van der Waals surface area contributed by atoms with Gasteiger partial charge in [0.15, 0.2) is 17.5 Å². The summed E-state index contributed by atoms with van der Waals surface area (Å²) in [5.41, 5.74) is -8.06. The third kappa shape index (κ3) is 9.78. The minimum absolute atomic E-state index is 0.000901. The van der Waals surface area contributed by atoms with E-state index in [2.05, 4.69) is 5.32 Å². The highest BCUT2D eigenvalue weighted by molar-refractivity contribution is 6.27. The molecule has 3 aromatic carbocycles. The summed E-state index contributed by atoms with van der Waals surface area (Å²) in [5.74, 6) is -11.8. The number of amides is 1. The summed E-state index contributed by atoms with van der Waals surface area (Å²) in [4.78, 5) is 113. The van der Waals surface area contributed by atoms with Crippen molar-refractivity contribution in [2.45, 2.75) is 101 Å². The van der Waals surface area contributed by atoms with Gasteiger partial charge in [-0.2, -0.15) is 0 Å². The molecular weight excluding hydrogens is 989 g/mol. The van der Waals surface area contributed by atoms with Crippen LogP contribution in [0.15, 0.2) is 102 Å². The Morgan fingerprint density at radius 1 is 0.775 bits per heavy atom. The number of esters is 6. The first-order valence-electron chi connectivity index (χ1n) is 22.6. The summed E-state index contributed by atoms with van der Waals surface area (Å²) in [6.45, 7) is 6.53. The molecule has 0 spiro atoms. The Bertz CT molecular complexity index is 2600. The lowest BCUT2D eigenvalue weighted by atomic mass is 9.44. The molecule has 3 aromatic rings. The van der Waals surface area contributed by atoms with Crippen molar-refractivity contribution in [3.63, 3.8) is 0 Å². The summed E-state index contributed by atoms with van der Waals surface area (Å²) >= 11 is 17.9. The van der Waals surface area contributed by atoms with Crippen LogP contribution in [0.3, 0.4) is 0 Å². The number of aliphatic hydroxyl groups is 1. The molecular formula is C51H52Cl3NO16. The molecule has 20 heteroatoms. The van der Waals surface area contributed by atoms with Crippen molar-refractivity contribution < 1.29 is 76.6 Å². The number of halogens is 3. The maximum absolute atomic E-state index is 16.1. The Morgan fingerprint density at radius 3 is 1.89 bits per heavy atom. The first-order valence-corrected chi connectivity index (χ1v) is 24.2. The molecule has 378 valence electrons. The number of carbonyl (C=O) groups excluding carboxylic acids is 8. The van der Waals surface area contributed by atoms with Crippen molar-refractivity contribution in [1.29, 1.82) is 0 Å². The van der Waals surface area contributed by atoms with Crippen molar-refractivity contribution >= 4 is 82.3 Å². The number of ketones is 1. The third-order valence-electron chi connectivity index (χ3n) is 14.3. The quantitative estimate of drug-likeness (QED) is 0.0824. The average Bonchev–Trinajstić information content (AvgIpc) is 3.35. The number of rotatable bonds is 15. The Morgan fingerprint density at radius 2 is 1.34 bits per heavy atom. The van der Waals surface area contributed by atoms with E-state index in [1.165, 1.54) is 52.0 Å². The van der Waals surface area contributed by atoms with Crippen LogP contribution in [-0.4, -0.2) is 125 Å². The number of hydrogen-bond donors (Lipinski definition) is 2. The minimum atomic E-state index is -2.55. The van der Waals surface area contributed by atoms with Gasteiger partial charge in [0.05, 0.1) is 23.5 Å². The molecule has 4 aliphatic rings. The largest absolute Gasteiger partial charge is 0.460 e. The van der Waals surface area contributed by atoms with Crippen molar-refractivity contribution in [2.24, 2.45) is 16.7 Å². The van der Waals surface area contributed by atoms with Gasteiger partial charge in [0.2, 0.25) is 6.10 Å². The van der Waals surface area contributed by atoms with Crippen molar-refractivity contribution in [3.05, 3.63) is 119 Å². The summed E-state index contributed by atoms with van der Waals surface area (Å²) in [7, 11) is 0. The Hall–Kier alpha value is -5.85. The summed E-state index contributed by atoms with van der Waals surface area (Å²) < 4.78 is 42.5. The van der Waals surface area contributed by atoms with Gasteiger partial charge >= 0.3 is 35.8 Å². The fraction of sp³-hybridized carbons (Fsp3) is 0.451. The monoisotopic (exact) mass is 1040 g/mol. The highest BCUT2D eigenvalue weighted by Crippen LogP contribution is 2.65. The number of alkyl halides is 3. The molecule has 2 saturated carbocycles. The van der Waals surface area contributed by atoms with Crippen LogP contribution >= 0.6 is 34.8 Å². The summed E-state index contributed by atoms with van der Waals surface area (Å²) in [5, 5.41) is 16.8. The average molecular weight is 1040 g/mol. The van der Waals surface area contributed by atoms with E-state index in [-0.39, 0.29) is 28.7 Å². The lowest BCUT2D eigenvalue weighted by molar-refractivity contribution is -0.346. The van der Waals surface area contributed by atoms with Gasteiger partial charge in [0.1, 0.15) is 53.7 Å². The van der Waals surface area contributed by atoms with Crippen molar-refractivity contribution in [1.82, 2.24) is 5.32 Å². The predicted octanol–water partition coefficient (Wildman–Crippen LogP) is 5.53. The van der Waals surface area contributed by atoms with Gasteiger partial charge in [-0.05, 0) is 54.8 Å². The molecule has 11 atom stereocenters. The van der Waals surface area contributed by atoms with Crippen LogP contribution in [0.5, 0.6) is 0 Å². The molecule has 1 amide bonds. The smallest absolute Gasteiger partial charge is 0.350 e. The van der Waals surface area contributed by atoms with E-state index < -0.39 is 149 Å². The van der Waals surface area contributed by atoms with Gasteiger partial charge in [-0.3, -0.25) is 28.8 Å². The van der Waals surface area contributed by atoms with E-state index >= 15 is 9.59 Å². The molecule has 71 heavy (non-hydrogen) atoms. The van der Waals surface area contributed by atoms with Gasteiger partial charge in [-0.25, -0.2) is 9.59 Å². The van der Waals surface area contributed by atoms with Crippen LogP contribution in [0.4, 0.5) is 0 Å². The molecule has 0 radical (unpaired) electrons. The van der Waals surface area contributed by atoms with Gasteiger partial charge in [-0.1, -0.05) is 80.6 Å². The molecule has 2 N–H and O–H groups in total. The number of hydrogen-bond acceptors (Lipinski definition) is 16. The van der Waals surface area contributed by atoms with E-state index in [1.807, 2.05) is 0 Å². The lowest BCUT2D eigenvalue weighted by Crippen LogP contribution is -2.82. The Kier molecular flexibility index (Phi) is 15.7. The third-order valence-corrected chi connectivity index (χ3v) is 14.9. The van der Waals surface area contributed by atoms with E-state index in [4.69, 9.17) is 68.0 Å². The number of fused-ring (bicyclic) bond motifs is 5. The highest BCUT2D eigenvalue weighted by atomic mass is 35.5. The van der Waals surface area contributed by atoms with Crippen molar-refractivity contribution in [2.75, 3.05) is 24.2 Å². The van der Waals surface area contributed by atoms with E-state index in [0.29, 0.717) is 5.56 Å². The number of nitrogens with one attached hydrogen (secondary N) is 1. The van der Waals surface area contributed by atoms with Gasteiger partial charge in [0, 0.05) is 30.7 Å². The van der Waals surface area contributed by atoms with Gasteiger partial charge in [-0.15, -0.1) is 34.8 Å². The van der Waals surface area contributed by atoms with Crippen LogP contribution in [0.1, 0.15) is 79.8 Å². The molecule has 3 fully saturated rings. The Labute approximate surface area is 423 Å². The molecule has 1 heterocycles. The zero-order valence-corrected chi connectivity index (χ0v) is 41.5. The number of ether oxygens (including phenoxy) is 7. The van der Waals surface area contributed by atoms with E-state index in [9.17, 15) is 33.9 Å². The lowest BCUT2D eigenvalue weighted by Gasteiger charge is -2.67. The van der Waals surface area contributed by atoms with Crippen LogP contribution in [0.2, 0.25) is 0 Å². The van der Waals surface area contributed by atoms with Gasteiger partial charge < -0.3 is 43.6 Å². The molecule has 1 aliphatic heterocycles. The number of benzene rings is 3. The first-order chi connectivity index (χ1) is 33.7. The molecule has 7 rings (SSSR count). The highest BCUT2D eigenvalue weighted by Gasteiger charge is 2.79. The first kappa shape index (κ1) is 53.0. The maximum Gasteiger partial charge on any atom is 0.350 e. The molecule has 0 aromatic heterocycles. The standard InChI is InChI=1S/C51H52Cl3NO16/c1-27-32(66-47(63)41(69-37(59)25-54)39(29-15-9-6-10-16-29)55-45(61)30-17-11-7-12-18-30)22-51(64)44(70-46(62)31-19-13-8-14-20-31)42-49(5,43(60)40(68-36(58)24-53)38(27)48(51,3)4)33(67-35(57)23-52)21-34-50(42,26-65-34)71-28(2)56/h6-20,32-34,39-42,44,64H,21-26H2,1-5H3,(H,55,61)/t32-,33-,34+,39?,40+,41?,42?,44-,49+,50-,51+/m0/s1. The predicted molar refractivity (Wildman–Crippen MR) is 252 cm³/mol. The van der Waals surface area contributed by atoms with Crippen LogP contribution < -0.4 is 5.32 Å². The second-order valence-corrected chi connectivity index (χ2v) is 19.4. The molecule has 3 unspecified atom stereocenters. The van der Waals surface area contributed by atoms with Gasteiger partial charge in [0.25, 0.3) is 5.91 Å². The van der Waals surface area contributed by atoms with E-state index in [0.717, 1.165) is 6.92 Å². The van der Waals surface area contributed by atoms with Crippen LogP contribution in [0.25, 0.3) is 0 Å².